The number of phenolic OH excluding ortho intramolecular Hbond substituents is 1. The minimum Gasteiger partial charge on any atom is -0.507 e. The molecule has 3 heterocycles. The van der Waals surface area contributed by atoms with Gasteiger partial charge in [-0.15, -0.1) is 10.2 Å². The molecule has 2 aromatic heterocycles. The first-order valence-corrected chi connectivity index (χ1v) is 9.42. The summed E-state index contributed by atoms with van der Waals surface area (Å²) in [5.74, 6) is 0.123. The van der Waals surface area contributed by atoms with Crippen LogP contribution in [0.4, 0.5) is 10.2 Å². The highest BCUT2D eigenvalue weighted by atomic mass is 19.1. The maximum absolute atomic E-state index is 15.2. The second-order valence-corrected chi connectivity index (χ2v) is 7.17. The molecule has 0 amide bonds. The number of phenols is 1. The van der Waals surface area contributed by atoms with Crippen molar-refractivity contribution in [2.24, 2.45) is 5.92 Å². The third-order valence-electron chi connectivity index (χ3n) is 5.48. The number of rotatable bonds is 4. The molecule has 0 aliphatic carbocycles. The Morgan fingerprint density at radius 3 is 2.68 bits per heavy atom. The minimum absolute atomic E-state index is 0.0514. The van der Waals surface area contributed by atoms with Gasteiger partial charge < -0.3 is 16.2 Å². The molecular formula is C20H23FN6O. The predicted molar refractivity (Wildman–Crippen MR) is 105 cm³/mol. The van der Waals surface area contributed by atoms with Gasteiger partial charge in [-0.05, 0) is 57.0 Å². The van der Waals surface area contributed by atoms with Crippen molar-refractivity contribution in [3.63, 3.8) is 0 Å². The van der Waals surface area contributed by atoms with E-state index in [-0.39, 0.29) is 23.2 Å². The quantitative estimate of drug-likeness (QED) is 0.641. The molecule has 8 heteroatoms. The summed E-state index contributed by atoms with van der Waals surface area (Å²) >= 11 is 0. The van der Waals surface area contributed by atoms with Gasteiger partial charge in [0.05, 0.1) is 23.5 Å². The van der Waals surface area contributed by atoms with Gasteiger partial charge in [-0.1, -0.05) is 12.1 Å². The number of hydrogen-bond donors (Lipinski definition) is 3. The highest BCUT2D eigenvalue weighted by Gasteiger charge is 2.26. The summed E-state index contributed by atoms with van der Waals surface area (Å²) in [5, 5.41) is 25.7. The number of piperidine rings is 1. The lowest BCUT2D eigenvalue weighted by Crippen LogP contribution is -2.32. The Labute approximate surface area is 162 Å². The van der Waals surface area contributed by atoms with E-state index in [2.05, 4.69) is 20.6 Å². The Hall–Kier alpha value is -3.00. The molecule has 4 N–H and O–H groups in total. The maximum Gasteiger partial charge on any atom is 0.219 e. The van der Waals surface area contributed by atoms with Crippen molar-refractivity contribution in [3.8, 4) is 28.1 Å². The van der Waals surface area contributed by atoms with E-state index in [9.17, 15) is 5.11 Å². The molecule has 1 atom stereocenters. The molecule has 1 aliphatic rings. The van der Waals surface area contributed by atoms with Gasteiger partial charge in [-0.3, -0.25) is 0 Å². The second kappa shape index (κ2) is 7.55. The number of benzene rings is 1. The van der Waals surface area contributed by atoms with Gasteiger partial charge in [0.1, 0.15) is 5.75 Å². The van der Waals surface area contributed by atoms with Crippen molar-refractivity contribution in [1.82, 2.24) is 25.3 Å². The summed E-state index contributed by atoms with van der Waals surface area (Å²) in [6.45, 7) is 3.88. The summed E-state index contributed by atoms with van der Waals surface area (Å²) in [7, 11) is 0. The molecule has 1 saturated heterocycles. The number of anilines is 1. The van der Waals surface area contributed by atoms with Crippen LogP contribution in [0.25, 0.3) is 22.4 Å². The molecule has 28 heavy (non-hydrogen) atoms. The molecule has 1 aromatic carbocycles. The Morgan fingerprint density at radius 2 is 1.93 bits per heavy atom. The SMILES string of the molecule is CC(C1CCNCC1)n1ncc(-c2cc(-c3ccccc3O)nnc2N)c1F. The van der Waals surface area contributed by atoms with Crippen molar-refractivity contribution >= 4 is 5.82 Å². The zero-order valence-corrected chi connectivity index (χ0v) is 15.6. The van der Waals surface area contributed by atoms with E-state index in [4.69, 9.17) is 5.73 Å². The molecular weight excluding hydrogens is 359 g/mol. The zero-order chi connectivity index (χ0) is 19.7. The van der Waals surface area contributed by atoms with Crippen LogP contribution in [0.15, 0.2) is 36.5 Å². The molecule has 0 saturated carbocycles. The number of aromatic hydroxyl groups is 1. The fourth-order valence-electron chi connectivity index (χ4n) is 3.78. The fraction of sp³-hybridized carbons (Fsp3) is 0.350. The van der Waals surface area contributed by atoms with Crippen LogP contribution in [-0.2, 0) is 0 Å². The molecule has 0 bridgehead atoms. The van der Waals surface area contributed by atoms with E-state index in [1.54, 1.807) is 30.3 Å². The molecule has 0 spiro atoms. The monoisotopic (exact) mass is 382 g/mol. The van der Waals surface area contributed by atoms with Gasteiger partial charge in [-0.2, -0.15) is 9.49 Å². The zero-order valence-electron chi connectivity index (χ0n) is 15.6. The Balaban J connectivity index is 1.71. The predicted octanol–water partition coefficient (Wildman–Crippen LogP) is 2.99. The largest absolute Gasteiger partial charge is 0.507 e. The molecule has 1 aliphatic heterocycles. The number of nitrogens with one attached hydrogen (secondary N) is 1. The lowest BCUT2D eigenvalue weighted by molar-refractivity contribution is 0.240. The first-order chi connectivity index (χ1) is 13.6. The van der Waals surface area contributed by atoms with Gasteiger partial charge in [0.25, 0.3) is 0 Å². The lowest BCUT2D eigenvalue weighted by Gasteiger charge is -2.28. The Bertz CT molecular complexity index is 983. The van der Waals surface area contributed by atoms with Crippen molar-refractivity contribution < 1.29 is 9.50 Å². The molecule has 4 rings (SSSR count). The van der Waals surface area contributed by atoms with E-state index >= 15 is 4.39 Å². The first kappa shape index (κ1) is 18.4. The van der Waals surface area contributed by atoms with Crippen LogP contribution in [0.5, 0.6) is 5.75 Å². The lowest BCUT2D eigenvalue weighted by atomic mass is 9.91. The number of nitrogen functional groups attached to an aromatic ring is 1. The van der Waals surface area contributed by atoms with Crippen molar-refractivity contribution in [3.05, 3.63) is 42.5 Å². The van der Waals surface area contributed by atoms with Crippen molar-refractivity contribution in [2.75, 3.05) is 18.8 Å². The smallest absolute Gasteiger partial charge is 0.219 e. The topological polar surface area (TPSA) is 102 Å². The highest BCUT2D eigenvalue weighted by Crippen LogP contribution is 2.35. The van der Waals surface area contributed by atoms with E-state index in [1.165, 1.54) is 10.9 Å². The van der Waals surface area contributed by atoms with E-state index in [0.29, 0.717) is 22.7 Å². The summed E-state index contributed by atoms with van der Waals surface area (Å²) in [6.07, 6.45) is 3.47. The molecule has 7 nitrogen and oxygen atoms in total. The van der Waals surface area contributed by atoms with Crippen LogP contribution in [0.3, 0.4) is 0 Å². The Kier molecular flexibility index (Phi) is 4.95. The summed E-state index contributed by atoms with van der Waals surface area (Å²) in [6, 6.07) is 8.37. The third kappa shape index (κ3) is 3.31. The summed E-state index contributed by atoms with van der Waals surface area (Å²) < 4.78 is 16.7. The van der Waals surface area contributed by atoms with E-state index in [0.717, 1.165) is 25.9 Å². The van der Waals surface area contributed by atoms with Gasteiger partial charge in [0, 0.05) is 11.1 Å². The summed E-state index contributed by atoms with van der Waals surface area (Å²) in [4.78, 5) is 0. The number of para-hydroxylation sites is 1. The summed E-state index contributed by atoms with van der Waals surface area (Å²) in [5.41, 5.74) is 7.60. The standard InChI is InChI=1S/C20H23FN6O/c1-12(13-6-8-23-9-7-13)27-19(21)16(11-24-27)15-10-17(25-26-20(15)22)14-4-2-3-5-18(14)28/h2-5,10-13,23,28H,6-9H2,1H3,(H2,22,26). The van der Waals surface area contributed by atoms with Crippen LogP contribution in [0.2, 0.25) is 0 Å². The molecule has 1 unspecified atom stereocenters. The second-order valence-electron chi connectivity index (χ2n) is 7.17. The Morgan fingerprint density at radius 1 is 1.18 bits per heavy atom. The van der Waals surface area contributed by atoms with Crippen LogP contribution < -0.4 is 11.1 Å². The number of nitrogens with zero attached hydrogens (tertiary/aromatic N) is 4. The first-order valence-electron chi connectivity index (χ1n) is 9.42. The minimum atomic E-state index is -0.436. The molecule has 1 fully saturated rings. The normalized spacial score (nSPS) is 16.2. The van der Waals surface area contributed by atoms with Crippen LogP contribution in [0, 0.1) is 11.9 Å². The van der Waals surface area contributed by atoms with Gasteiger partial charge in [0.2, 0.25) is 5.95 Å². The highest BCUT2D eigenvalue weighted by molar-refractivity contribution is 5.78. The molecule has 146 valence electrons. The molecule has 0 radical (unpaired) electrons. The fourth-order valence-corrected chi connectivity index (χ4v) is 3.78. The van der Waals surface area contributed by atoms with Crippen molar-refractivity contribution in [2.45, 2.75) is 25.8 Å². The molecule has 3 aromatic rings. The number of halogens is 1. The van der Waals surface area contributed by atoms with Crippen LogP contribution >= 0.6 is 0 Å². The van der Waals surface area contributed by atoms with Crippen molar-refractivity contribution in [1.29, 1.82) is 0 Å². The van der Waals surface area contributed by atoms with Gasteiger partial charge in [0.15, 0.2) is 5.82 Å². The average Bonchev–Trinajstić information content (AvgIpc) is 3.10. The number of nitrogens with two attached hydrogens (primary N) is 1. The van der Waals surface area contributed by atoms with E-state index in [1.807, 2.05) is 6.92 Å². The van der Waals surface area contributed by atoms with E-state index < -0.39 is 5.95 Å². The average molecular weight is 382 g/mol. The van der Waals surface area contributed by atoms with Crippen LogP contribution in [-0.4, -0.2) is 38.2 Å². The number of aromatic nitrogens is 4. The maximum atomic E-state index is 15.2. The number of hydrogen-bond acceptors (Lipinski definition) is 6. The third-order valence-corrected chi connectivity index (χ3v) is 5.48. The van der Waals surface area contributed by atoms with Crippen LogP contribution in [0.1, 0.15) is 25.8 Å². The van der Waals surface area contributed by atoms with Gasteiger partial charge >= 0.3 is 0 Å². The van der Waals surface area contributed by atoms with Gasteiger partial charge in [-0.25, -0.2) is 4.68 Å².